The summed E-state index contributed by atoms with van der Waals surface area (Å²) in [6.45, 7) is 2.50. The van der Waals surface area contributed by atoms with Crippen molar-refractivity contribution < 1.29 is 4.39 Å². The smallest absolute Gasteiger partial charge is 0.130 e. The molecule has 1 nitrogen and oxygen atoms in total. The van der Waals surface area contributed by atoms with Crippen LogP contribution in [0, 0.1) is 5.82 Å². The second-order valence-corrected chi connectivity index (χ2v) is 2.88. The number of benzene rings is 1. The minimum absolute atomic E-state index is 0.193. The van der Waals surface area contributed by atoms with E-state index in [1.54, 1.807) is 12.1 Å². The maximum atomic E-state index is 13.1. The molecule has 0 heterocycles. The normalized spacial score (nSPS) is 11.8. The summed E-state index contributed by atoms with van der Waals surface area (Å²) in [5.74, 6) is -0.193. The van der Waals surface area contributed by atoms with E-state index in [9.17, 15) is 4.39 Å². The van der Waals surface area contributed by atoms with Gasteiger partial charge in [-0.2, -0.15) is 0 Å². The summed E-state index contributed by atoms with van der Waals surface area (Å²) >= 11 is 0. The Bertz CT molecular complexity index is 299. The molecule has 0 aliphatic heterocycles. The van der Waals surface area contributed by atoms with Gasteiger partial charge in [-0.05, 0) is 12.5 Å². The summed E-state index contributed by atoms with van der Waals surface area (Å²) < 4.78 is 13.1. The molecule has 0 saturated heterocycles. The molecule has 0 aliphatic carbocycles. The lowest BCUT2D eigenvalue weighted by molar-refractivity contribution is 0.625. The third-order valence-electron chi connectivity index (χ3n) is 1.98. The van der Waals surface area contributed by atoms with Crippen molar-refractivity contribution in [3.05, 3.63) is 41.2 Å². The third kappa shape index (κ3) is 2.67. The van der Waals surface area contributed by atoms with E-state index < -0.39 is 0 Å². The summed E-state index contributed by atoms with van der Waals surface area (Å²) in [4.78, 5) is 0. The molecule has 1 rings (SSSR count). The maximum Gasteiger partial charge on any atom is 0.130 e. The number of halogens is 1. The fraction of sp³-hybridized carbons (Fsp3) is 0.273. The molecule has 1 aromatic carbocycles. The van der Waals surface area contributed by atoms with Gasteiger partial charge in [0.1, 0.15) is 5.82 Å². The highest BCUT2D eigenvalue weighted by molar-refractivity contribution is 5.53. The van der Waals surface area contributed by atoms with Gasteiger partial charge in [-0.25, -0.2) is 4.39 Å². The van der Waals surface area contributed by atoms with Crippen molar-refractivity contribution in [3.8, 4) is 0 Å². The molecule has 0 spiro atoms. The summed E-state index contributed by atoms with van der Waals surface area (Å²) in [6, 6.07) is 6.70. The lowest BCUT2D eigenvalue weighted by Gasteiger charge is -2.01. The highest BCUT2D eigenvalue weighted by Gasteiger charge is 1.97. The van der Waals surface area contributed by atoms with Crippen LogP contribution in [0.1, 0.15) is 18.9 Å². The maximum absolute atomic E-state index is 13.1. The lowest BCUT2D eigenvalue weighted by Crippen LogP contribution is -2.01. The zero-order valence-electron chi connectivity index (χ0n) is 7.76. The number of rotatable bonds is 3. The molecule has 2 N–H and O–H groups in total. The molecule has 0 unspecified atom stereocenters. The minimum Gasteiger partial charge on any atom is -0.327 e. The summed E-state index contributed by atoms with van der Waals surface area (Å²) in [6.07, 6.45) is 2.68. The molecule has 70 valence electrons. The fourth-order valence-corrected chi connectivity index (χ4v) is 1.12. The van der Waals surface area contributed by atoms with Gasteiger partial charge in [0.2, 0.25) is 0 Å². The van der Waals surface area contributed by atoms with E-state index in [-0.39, 0.29) is 5.82 Å². The van der Waals surface area contributed by atoms with Gasteiger partial charge >= 0.3 is 0 Å². The quantitative estimate of drug-likeness (QED) is 0.758. The standard InChI is InChI=1S/C11H14FN/c1-2-9(8-13)7-10-5-3-4-6-11(10)12/h3-7H,2,8,13H2,1H3. The van der Waals surface area contributed by atoms with Crippen molar-refractivity contribution in [2.75, 3.05) is 6.54 Å². The van der Waals surface area contributed by atoms with E-state index >= 15 is 0 Å². The molecule has 0 radical (unpaired) electrons. The lowest BCUT2D eigenvalue weighted by atomic mass is 10.1. The van der Waals surface area contributed by atoms with Gasteiger partial charge in [-0.3, -0.25) is 0 Å². The molecule has 0 bridgehead atoms. The molecular weight excluding hydrogens is 165 g/mol. The molecule has 0 amide bonds. The van der Waals surface area contributed by atoms with E-state index in [2.05, 4.69) is 0 Å². The Kier molecular flexibility index (Phi) is 3.65. The van der Waals surface area contributed by atoms with Crippen molar-refractivity contribution in [3.63, 3.8) is 0 Å². The van der Waals surface area contributed by atoms with Crippen LogP contribution >= 0.6 is 0 Å². The van der Waals surface area contributed by atoms with Crippen LogP contribution in [0.3, 0.4) is 0 Å². The van der Waals surface area contributed by atoms with Crippen LogP contribution in [0.5, 0.6) is 0 Å². The van der Waals surface area contributed by atoms with Gasteiger partial charge in [-0.1, -0.05) is 36.8 Å². The first kappa shape index (κ1) is 9.93. The van der Waals surface area contributed by atoms with Crippen LogP contribution in [-0.2, 0) is 0 Å². The van der Waals surface area contributed by atoms with Crippen LogP contribution in [0.15, 0.2) is 29.8 Å². The molecular formula is C11H14FN. The summed E-state index contributed by atoms with van der Waals surface area (Å²) in [5.41, 5.74) is 7.17. The van der Waals surface area contributed by atoms with Gasteiger partial charge in [-0.15, -0.1) is 0 Å². The Balaban J connectivity index is 2.95. The Morgan fingerprint density at radius 1 is 1.46 bits per heavy atom. The molecule has 0 atom stereocenters. The number of hydrogen-bond donors (Lipinski definition) is 1. The molecule has 0 aromatic heterocycles. The minimum atomic E-state index is -0.193. The summed E-state index contributed by atoms with van der Waals surface area (Å²) in [7, 11) is 0. The van der Waals surface area contributed by atoms with Crippen LogP contribution < -0.4 is 5.73 Å². The van der Waals surface area contributed by atoms with Crippen LogP contribution in [0.2, 0.25) is 0 Å². The zero-order chi connectivity index (χ0) is 9.68. The predicted molar refractivity (Wildman–Crippen MR) is 53.7 cm³/mol. The molecule has 0 saturated carbocycles. The van der Waals surface area contributed by atoms with E-state index in [1.807, 2.05) is 19.1 Å². The van der Waals surface area contributed by atoms with Crippen molar-refractivity contribution in [1.82, 2.24) is 0 Å². The van der Waals surface area contributed by atoms with Gasteiger partial charge in [0, 0.05) is 12.1 Å². The topological polar surface area (TPSA) is 26.0 Å². The second kappa shape index (κ2) is 4.77. The van der Waals surface area contributed by atoms with Gasteiger partial charge in [0.05, 0.1) is 0 Å². The Morgan fingerprint density at radius 2 is 2.15 bits per heavy atom. The molecule has 2 heteroatoms. The largest absolute Gasteiger partial charge is 0.327 e. The number of hydrogen-bond acceptors (Lipinski definition) is 1. The highest BCUT2D eigenvalue weighted by atomic mass is 19.1. The molecule has 13 heavy (non-hydrogen) atoms. The Hall–Kier alpha value is -1.15. The number of nitrogens with two attached hydrogens (primary N) is 1. The van der Waals surface area contributed by atoms with E-state index in [4.69, 9.17) is 5.73 Å². The van der Waals surface area contributed by atoms with Crippen molar-refractivity contribution in [2.45, 2.75) is 13.3 Å². The van der Waals surface area contributed by atoms with Crippen molar-refractivity contribution in [1.29, 1.82) is 0 Å². The van der Waals surface area contributed by atoms with E-state index in [0.717, 1.165) is 12.0 Å². The first-order chi connectivity index (χ1) is 6.27. The average molecular weight is 179 g/mol. The first-order valence-corrected chi connectivity index (χ1v) is 4.42. The Morgan fingerprint density at radius 3 is 2.69 bits per heavy atom. The molecule has 1 aromatic rings. The SMILES string of the molecule is CCC(=Cc1ccccc1F)CN. The van der Waals surface area contributed by atoms with Crippen molar-refractivity contribution >= 4 is 6.08 Å². The first-order valence-electron chi connectivity index (χ1n) is 4.42. The molecule has 0 aliphatic rings. The third-order valence-corrected chi connectivity index (χ3v) is 1.98. The van der Waals surface area contributed by atoms with E-state index in [1.165, 1.54) is 6.07 Å². The predicted octanol–water partition coefficient (Wildman–Crippen LogP) is 2.58. The van der Waals surface area contributed by atoms with Crippen LogP contribution in [0.4, 0.5) is 4.39 Å². The van der Waals surface area contributed by atoms with Gasteiger partial charge in [0.25, 0.3) is 0 Å². The highest BCUT2D eigenvalue weighted by Crippen LogP contribution is 2.12. The van der Waals surface area contributed by atoms with Crippen molar-refractivity contribution in [2.24, 2.45) is 5.73 Å². The van der Waals surface area contributed by atoms with Gasteiger partial charge < -0.3 is 5.73 Å². The summed E-state index contributed by atoms with van der Waals surface area (Å²) in [5, 5.41) is 0. The average Bonchev–Trinajstić information content (AvgIpc) is 2.17. The van der Waals surface area contributed by atoms with Crippen LogP contribution in [-0.4, -0.2) is 6.54 Å². The monoisotopic (exact) mass is 179 g/mol. The second-order valence-electron chi connectivity index (χ2n) is 2.88. The Labute approximate surface area is 78.1 Å². The zero-order valence-corrected chi connectivity index (χ0v) is 7.76. The van der Waals surface area contributed by atoms with E-state index in [0.29, 0.717) is 12.1 Å². The fourth-order valence-electron chi connectivity index (χ4n) is 1.12. The van der Waals surface area contributed by atoms with Gasteiger partial charge in [0.15, 0.2) is 0 Å². The van der Waals surface area contributed by atoms with Crippen LogP contribution in [0.25, 0.3) is 6.08 Å². The molecule has 0 fully saturated rings.